The van der Waals surface area contributed by atoms with Gasteiger partial charge >= 0.3 is 0 Å². The van der Waals surface area contributed by atoms with Crippen molar-refractivity contribution in [3.05, 3.63) is 27.7 Å². The van der Waals surface area contributed by atoms with Crippen molar-refractivity contribution in [2.75, 3.05) is 11.9 Å². The molecule has 2 fully saturated rings. The fourth-order valence-corrected chi connectivity index (χ4v) is 4.02. The number of hydrogen-bond donors (Lipinski definition) is 1. The third-order valence-electron chi connectivity index (χ3n) is 4.48. The van der Waals surface area contributed by atoms with Gasteiger partial charge in [0, 0.05) is 23.5 Å². The van der Waals surface area contributed by atoms with E-state index in [0.717, 1.165) is 17.3 Å². The lowest BCUT2D eigenvalue weighted by atomic mass is 10.1. The number of amides is 2. The number of likely N-dealkylation sites (tertiary alicyclic amines) is 1. The van der Waals surface area contributed by atoms with Crippen molar-refractivity contribution in [1.82, 2.24) is 4.90 Å². The van der Waals surface area contributed by atoms with Crippen LogP contribution >= 0.6 is 27.5 Å². The maximum absolute atomic E-state index is 12.4. The summed E-state index contributed by atoms with van der Waals surface area (Å²) < 4.78 is 0.860. The molecule has 0 aromatic heterocycles. The monoisotopic (exact) mass is 384 g/mol. The number of rotatable bonds is 3. The van der Waals surface area contributed by atoms with Gasteiger partial charge in [0.05, 0.1) is 16.6 Å². The largest absolute Gasteiger partial charge is 0.339 e. The molecule has 0 bridgehead atoms. The molecule has 1 aliphatic heterocycles. The van der Waals surface area contributed by atoms with Gasteiger partial charge in [-0.05, 0) is 31.0 Å². The van der Waals surface area contributed by atoms with E-state index in [4.69, 9.17) is 11.6 Å². The van der Waals surface area contributed by atoms with E-state index in [1.807, 2.05) is 11.0 Å². The van der Waals surface area contributed by atoms with Crippen LogP contribution in [0.25, 0.3) is 0 Å². The molecule has 6 heteroatoms. The molecule has 2 aliphatic rings. The Morgan fingerprint density at radius 3 is 2.73 bits per heavy atom. The minimum Gasteiger partial charge on any atom is -0.339 e. The maximum Gasteiger partial charge on any atom is 0.229 e. The van der Waals surface area contributed by atoms with Crippen molar-refractivity contribution in [3.8, 4) is 0 Å². The van der Waals surface area contributed by atoms with Crippen LogP contribution in [0, 0.1) is 5.92 Å². The molecule has 1 saturated carbocycles. The fourth-order valence-electron chi connectivity index (χ4n) is 3.30. The summed E-state index contributed by atoms with van der Waals surface area (Å²) in [5.74, 6) is -0.306. The normalized spacial score (nSPS) is 22.4. The fraction of sp³-hybridized carbons (Fsp3) is 0.500. The molecule has 4 nitrogen and oxygen atoms in total. The van der Waals surface area contributed by atoms with Gasteiger partial charge in [0.2, 0.25) is 11.8 Å². The predicted molar refractivity (Wildman–Crippen MR) is 89.9 cm³/mol. The van der Waals surface area contributed by atoms with Crippen LogP contribution in [-0.2, 0) is 9.59 Å². The molecule has 1 unspecified atom stereocenters. The zero-order valence-electron chi connectivity index (χ0n) is 12.1. The number of benzene rings is 1. The molecule has 1 saturated heterocycles. The van der Waals surface area contributed by atoms with E-state index in [0.29, 0.717) is 29.7 Å². The van der Waals surface area contributed by atoms with Crippen molar-refractivity contribution in [3.63, 3.8) is 0 Å². The quantitative estimate of drug-likeness (QED) is 0.859. The Hall–Kier alpha value is -1.07. The first kappa shape index (κ1) is 15.8. The van der Waals surface area contributed by atoms with Gasteiger partial charge in [0.1, 0.15) is 0 Å². The van der Waals surface area contributed by atoms with Crippen LogP contribution < -0.4 is 5.32 Å². The van der Waals surface area contributed by atoms with Crippen LogP contribution in [0.3, 0.4) is 0 Å². The van der Waals surface area contributed by atoms with E-state index >= 15 is 0 Å². The van der Waals surface area contributed by atoms with E-state index in [-0.39, 0.29) is 17.7 Å². The second-order valence-electron chi connectivity index (χ2n) is 6.00. The summed E-state index contributed by atoms with van der Waals surface area (Å²) >= 11 is 9.45. The standard InChI is InChI=1S/C16H18BrClN2O2/c17-11-5-6-14(13(18)8-11)19-16(22)10-7-15(21)20(9-10)12-3-1-2-4-12/h5-6,8,10,12H,1-4,7,9H2,(H,19,22). The van der Waals surface area contributed by atoms with Crippen molar-refractivity contribution >= 4 is 45.0 Å². The number of hydrogen-bond acceptors (Lipinski definition) is 2. The van der Waals surface area contributed by atoms with E-state index in [9.17, 15) is 9.59 Å². The Balaban J connectivity index is 1.64. The summed E-state index contributed by atoms with van der Waals surface area (Å²) in [4.78, 5) is 26.5. The first-order chi connectivity index (χ1) is 10.5. The molecular formula is C16H18BrClN2O2. The molecule has 1 N–H and O–H groups in total. The zero-order valence-corrected chi connectivity index (χ0v) is 14.5. The molecule has 0 radical (unpaired) electrons. The maximum atomic E-state index is 12.4. The summed E-state index contributed by atoms with van der Waals surface area (Å²) in [7, 11) is 0. The Morgan fingerprint density at radius 2 is 2.05 bits per heavy atom. The first-order valence-electron chi connectivity index (χ1n) is 7.60. The number of carbonyl (C=O) groups excluding carboxylic acids is 2. The molecule has 1 aromatic carbocycles. The third-order valence-corrected chi connectivity index (χ3v) is 5.29. The van der Waals surface area contributed by atoms with E-state index in [2.05, 4.69) is 21.2 Å². The summed E-state index contributed by atoms with van der Waals surface area (Å²) in [5, 5.41) is 3.33. The average molecular weight is 386 g/mol. The van der Waals surface area contributed by atoms with E-state index in [1.54, 1.807) is 12.1 Å². The SMILES string of the molecule is O=C(Nc1ccc(Br)cc1Cl)C1CC(=O)N(C2CCCC2)C1. The zero-order chi connectivity index (χ0) is 15.7. The highest BCUT2D eigenvalue weighted by Gasteiger charge is 2.38. The summed E-state index contributed by atoms with van der Waals surface area (Å²) in [5.41, 5.74) is 0.585. The molecule has 1 aromatic rings. The van der Waals surface area contributed by atoms with Crippen LogP contribution in [-0.4, -0.2) is 29.3 Å². The van der Waals surface area contributed by atoms with Crippen LogP contribution in [0.5, 0.6) is 0 Å². The minimum absolute atomic E-state index is 0.106. The molecule has 1 aliphatic carbocycles. The highest BCUT2D eigenvalue weighted by molar-refractivity contribution is 9.10. The topological polar surface area (TPSA) is 49.4 Å². The van der Waals surface area contributed by atoms with Gasteiger partial charge in [-0.1, -0.05) is 40.4 Å². The molecule has 0 spiro atoms. The van der Waals surface area contributed by atoms with Crippen LogP contribution in [0.15, 0.2) is 22.7 Å². The van der Waals surface area contributed by atoms with Gasteiger partial charge in [0.25, 0.3) is 0 Å². The Labute approximate surface area is 143 Å². The van der Waals surface area contributed by atoms with Crippen LogP contribution in [0.2, 0.25) is 5.02 Å². The number of halogens is 2. The first-order valence-corrected chi connectivity index (χ1v) is 8.77. The van der Waals surface area contributed by atoms with Gasteiger partial charge in [-0.3, -0.25) is 9.59 Å². The van der Waals surface area contributed by atoms with Gasteiger partial charge < -0.3 is 10.2 Å². The smallest absolute Gasteiger partial charge is 0.229 e. The highest BCUT2D eigenvalue weighted by atomic mass is 79.9. The summed E-state index contributed by atoms with van der Waals surface area (Å²) in [6.45, 7) is 0.531. The summed E-state index contributed by atoms with van der Waals surface area (Å²) in [6, 6.07) is 5.66. The minimum atomic E-state index is -0.284. The molecule has 118 valence electrons. The lowest BCUT2D eigenvalue weighted by molar-refractivity contribution is -0.129. The summed E-state index contributed by atoms with van der Waals surface area (Å²) in [6.07, 6.45) is 4.80. The second kappa shape index (κ2) is 6.59. The average Bonchev–Trinajstić information content (AvgIpc) is 3.10. The number of nitrogens with zero attached hydrogens (tertiary/aromatic N) is 1. The van der Waals surface area contributed by atoms with Gasteiger partial charge in [-0.2, -0.15) is 0 Å². The molecule has 22 heavy (non-hydrogen) atoms. The van der Waals surface area contributed by atoms with Gasteiger partial charge in [-0.25, -0.2) is 0 Å². The Kier molecular flexibility index (Phi) is 4.73. The van der Waals surface area contributed by atoms with E-state index in [1.165, 1.54) is 12.8 Å². The molecular weight excluding hydrogens is 368 g/mol. The molecule has 2 amide bonds. The van der Waals surface area contributed by atoms with Crippen molar-refractivity contribution in [2.24, 2.45) is 5.92 Å². The van der Waals surface area contributed by atoms with Crippen LogP contribution in [0.4, 0.5) is 5.69 Å². The Morgan fingerprint density at radius 1 is 1.32 bits per heavy atom. The van der Waals surface area contributed by atoms with Crippen LogP contribution in [0.1, 0.15) is 32.1 Å². The van der Waals surface area contributed by atoms with Gasteiger partial charge in [0.15, 0.2) is 0 Å². The number of nitrogens with one attached hydrogen (secondary N) is 1. The lowest BCUT2D eigenvalue weighted by Gasteiger charge is -2.23. The molecule has 3 rings (SSSR count). The van der Waals surface area contributed by atoms with E-state index < -0.39 is 0 Å². The Bertz CT molecular complexity index is 602. The lowest BCUT2D eigenvalue weighted by Crippen LogP contribution is -2.35. The third kappa shape index (κ3) is 3.30. The number of carbonyl (C=O) groups is 2. The second-order valence-corrected chi connectivity index (χ2v) is 7.32. The molecule has 1 atom stereocenters. The van der Waals surface area contributed by atoms with Crippen molar-refractivity contribution in [2.45, 2.75) is 38.1 Å². The predicted octanol–water partition coefficient (Wildman–Crippen LogP) is 3.83. The molecule has 1 heterocycles. The highest BCUT2D eigenvalue weighted by Crippen LogP contribution is 2.31. The van der Waals surface area contributed by atoms with Gasteiger partial charge in [-0.15, -0.1) is 0 Å². The van der Waals surface area contributed by atoms with Crippen molar-refractivity contribution in [1.29, 1.82) is 0 Å². The van der Waals surface area contributed by atoms with Crippen molar-refractivity contribution < 1.29 is 9.59 Å². The number of anilines is 1.